The maximum absolute atomic E-state index is 12.5. The highest BCUT2D eigenvalue weighted by molar-refractivity contribution is 5.76. The van der Waals surface area contributed by atoms with Crippen molar-refractivity contribution in [1.29, 1.82) is 5.26 Å². The van der Waals surface area contributed by atoms with Gasteiger partial charge in [-0.3, -0.25) is 4.79 Å². The quantitative estimate of drug-likeness (QED) is 0.602. The monoisotopic (exact) mass is 271 g/mol. The fourth-order valence-corrected chi connectivity index (χ4v) is 3.26. The molecular formula is C17H21NO2. The highest BCUT2D eigenvalue weighted by atomic mass is 16.5. The molecule has 0 spiro atoms. The van der Waals surface area contributed by atoms with Gasteiger partial charge in [0.2, 0.25) is 0 Å². The zero-order valence-electron chi connectivity index (χ0n) is 11.9. The number of ether oxygens (including phenoxy) is 1. The number of hydrogen-bond acceptors (Lipinski definition) is 3. The van der Waals surface area contributed by atoms with E-state index in [2.05, 4.69) is 13.0 Å². The van der Waals surface area contributed by atoms with Crippen molar-refractivity contribution in [3.63, 3.8) is 0 Å². The molecule has 1 aliphatic rings. The Kier molecular flexibility index (Phi) is 5.17. The summed E-state index contributed by atoms with van der Waals surface area (Å²) < 4.78 is 5.52. The molecule has 1 aromatic rings. The molecule has 3 unspecified atom stereocenters. The molecule has 1 aromatic carbocycles. The number of rotatable bonds is 5. The lowest BCUT2D eigenvalue weighted by atomic mass is 9.85. The van der Waals surface area contributed by atoms with Gasteiger partial charge in [-0.25, -0.2) is 0 Å². The number of carbonyl (C=O) groups excluding carboxylic acids is 1. The summed E-state index contributed by atoms with van der Waals surface area (Å²) in [6, 6.07) is 11.4. The Labute approximate surface area is 120 Å². The van der Waals surface area contributed by atoms with E-state index in [1.54, 1.807) is 12.1 Å². The Hall–Kier alpha value is -1.82. The topological polar surface area (TPSA) is 50.1 Å². The van der Waals surface area contributed by atoms with Crippen molar-refractivity contribution in [2.75, 3.05) is 0 Å². The molecule has 0 heterocycles. The summed E-state index contributed by atoms with van der Waals surface area (Å²) in [5.41, 5.74) is 0. The maximum Gasteiger partial charge on any atom is 0.314 e. The van der Waals surface area contributed by atoms with Crippen LogP contribution in [0.1, 0.15) is 39.0 Å². The van der Waals surface area contributed by atoms with Crippen molar-refractivity contribution in [2.24, 2.45) is 17.8 Å². The summed E-state index contributed by atoms with van der Waals surface area (Å²) in [6.45, 7) is 2.13. The van der Waals surface area contributed by atoms with Gasteiger partial charge in [0.15, 0.2) is 0 Å². The van der Waals surface area contributed by atoms with Gasteiger partial charge in [0.05, 0.1) is 12.0 Å². The Morgan fingerprint density at radius 1 is 1.30 bits per heavy atom. The first-order valence-corrected chi connectivity index (χ1v) is 7.40. The lowest BCUT2D eigenvalue weighted by Crippen LogP contribution is -2.28. The molecule has 2 rings (SSSR count). The van der Waals surface area contributed by atoms with E-state index in [9.17, 15) is 4.79 Å². The van der Waals surface area contributed by atoms with Gasteiger partial charge in [-0.15, -0.1) is 0 Å². The predicted molar refractivity (Wildman–Crippen MR) is 76.9 cm³/mol. The first kappa shape index (κ1) is 14.6. The summed E-state index contributed by atoms with van der Waals surface area (Å²) in [7, 11) is 0. The third-order valence-electron chi connectivity index (χ3n) is 4.31. The third kappa shape index (κ3) is 3.39. The number of hydrogen-bond donors (Lipinski definition) is 0. The summed E-state index contributed by atoms with van der Waals surface area (Å²) in [5, 5.41) is 8.74. The zero-order valence-corrected chi connectivity index (χ0v) is 11.9. The minimum absolute atomic E-state index is 0.0476. The number of benzene rings is 1. The number of esters is 1. The molecule has 106 valence electrons. The van der Waals surface area contributed by atoms with Crippen molar-refractivity contribution in [2.45, 2.75) is 39.0 Å². The van der Waals surface area contributed by atoms with Crippen LogP contribution in [0.25, 0.3) is 0 Å². The Morgan fingerprint density at radius 2 is 2.00 bits per heavy atom. The summed E-state index contributed by atoms with van der Waals surface area (Å²) in [5.74, 6) is 1.14. The van der Waals surface area contributed by atoms with E-state index in [1.807, 2.05) is 18.2 Å². The lowest BCUT2D eigenvalue weighted by Gasteiger charge is -2.22. The molecule has 3 heteroatoms. The van der Waals surface area contributed by atoms with Crippen LogP contribution in [0.5, 0.6) is 5.75 Å². The van der Waals surface area contributed by atoms with Gasteiger partial charge >= 0.3 is 5.97 Å². The van der Waals surface area contributed by atoms with E-state index in [1.165, 1.54) is 0 Å². The van der Waals surface area contributed by atoms with Gasteiger partial charge < -0.3 is 4.74 Å². The molecule has 0 aliphatic heterocycles. The summed E-state index contributed by atoms with van der Waals surface area (Å²) >= 11 is 0. The molecule has 0 amide bonds. The fraction of sp³-hybridized carbons (Fsp3) is 0.529. The van der Waals surface area contributed by atoms with E-state index < -0.39 is 0 Å². The van der Waals surface area contributed by atoms with E-state index in [0.717, 1.165) is 25.7 Å². The second-order valence-electron chi connectivity index (χ2n) is 5.46. The van der Waals surface area contributed by atoms with Gasteiger partial charge in [0.1, 0.15) is 5.75 Å². The second-order valence-corrected chi connectivity index (χ2v) is 5.46. The van der Waals surface area contributed by atoms with E-state index in [0.29, 0.717) is 24.0 Å². The van der Waals surface area contributed by atoms with Crippen LogP contribution >= 0.6 is 0 Å². The number of nitrogens with zero attached hydrogens (tertiary/aromatic N) is 1. The molecule has 0 saturated heterocycles. The molecule has 1 saturated carbocycles. The highest BCUT2D eigenvalue weighted by Crippen LogP contribution is 2.42. The lowest BCUT2D eigenvalue weighted by molar-refractivity contribution is -0.141. The standard InChI is InChI=1S/C17H21NO2/c1-2-13-10-11-14(7-6-12-18)16(13)17(19)20-15-8-4-3-5-9-15/h3-5,8-9,13-14,16H,2,6-7,10-11H2,1H3. The van der Waals surface area contributed by atoms with Crippen LogP contribution in [-0.4, -0.2) is 5.97 Å². The zero-order chi connectivity index (χ0) is 14.4. The van der Waals surface area contributed by atoms with E-state index >= 15 is 0 Å². The number of para-hydroxylation sites is 1. The average molecular weight is 271 g/mol. The van der Waals surface area contributed by atoms with Gasteiger partial charge in [-0.1, -0.05) is 31.5 Å². The van der Waals surface area contributed by atoms with Gasteiger partial charge in [-0.05, 0) is 43.2 Å². The maximum atomic E-state index is 12.5. The molecule has 3 nitrogen and oxygen atoms in total. The van der Waals surface area contributed by atoms with Crippen LogP contribution in [-0.2, 0) is 4.79 Å². The highest BCUT2D eigenvalue weighted by Gasteiger charge is 2.40. The SMILES string of the molecule is CCC1CCC(CCC#N)C1C(=O)Oc1ccccc1. The molecule has 1 fully saturated rings. The van der Waals surface area contributed by atoms with Crippen molar-refractivity contribution >= 4 is 5.97 Å². The molecule has 0 N–H and O–H groups in total. The van der Waals surface area contributed by atoms with Crippen LogP contribution in [0.3, 0.4) is 0 Å². The first-order chi connectivity index (χ1) is 9.76. The average Bonchev–Trinajstić information content (AvgIpc) is 2.89. The van der Waals surface area contributed by atoms with Gasteiger partial charge in [-0.2, -0.15) is 5.26 Å². The first-order valence-electron chi connectivity index (χ1n) is 7.40. The van der Waals surface area contributed by atoms with E-state index in [-0.39, 0.29) is 11.9 Å². The van der Waals surface area contributed by atoms with Crippen LogP contribution in [0.2, 0.25) is 0 Å². The normalized spacial score (nSPS) is 25.1. The number of nitriles is 1. The van der Waals surface area contributed by atoms with Crippen molar-refractivity contribution in [1.82, 2.24) is 0 Å². The van der Waals surface area contributed by atoms with Crippen molar-refractivity contribution in [3.8, 4) is 11.8 Å². The van der Waals surface area contributed by atoms with Gasteiger partial charge in [0, 0.05) is 6.42 Å². The Bertz CT molecular complexity index is 478. The minimum Gasteiger partial charge on any atom is -0.426 e. The summed E-state index contributed by atoms with van der Waals surface area (Å²) in [6.07, 6.45) is 4.44. The Balaban J connectivity index is 2.05. The number of carbonyl (C=O) groups is 1. The predicted octanol–water partition coefficient (Wildman–Crippen LogP) is 3.95. The van der Waals surface area contributed by atoms with E-state index in [4.69, 9.17) is 10.00 Å². The molecule has 20 heavy (non-hydrogen) atoms. The molecular weight excluding hydrogens is 250 g/mol. The molecule has 0 radical (unpaired) electrons. The Morgan fingerprint density at radius 3 is 2.65 bits per heavy atom. The fourth-order valence-electron chi connectivity index (χ4n) is 3.26. The minimum atomic E-state index is -0.122. The third-order valence-corrected chi connectivity index (χ3v) is 4.31. The molecule has 1 aliphatic carbocycles. The van der Waals surface area contributed by atoms with Crippen LogP contribution in [0, 0.1) is 29.1 Å². The van der Waals surface area contributed by atoms with Crippen molar-refractivity contribution < 1.29 is 9.53 Å². The second kappa shape index (κ2) is 7.09. The smallest absolute Gasteiger partial charge is 0.314 e. The summed E-state index contributed by atoms with van der Waals surface area (Å²) in [4.78, 5) is 12.5. The molecule has 0 aromatic heterocycles. The van der Waals surface area contributed by atoms with Crippen molar-refractivity contribution in [3.05, 3.63) is 30.3 Å². The largest absolute Gasteiger partial charge is 0.426 e. The molecule has 3 atom stereocenters. The van der Waals surface area contributed by atoms with Crippen LogP contribution < -0.4 is 4.74 Å². The molecule has 0 bridgehead atoms. The van der Waals surface area contributed by atoms with Crippen LogP contribution in [0.4, 0.5) is 0 Å². The van der Waals surface area contributed by atoms with Gasteiger partial charge in [0.25, 0.3) is 0 Å². The van der Waals surface area contributed by atoms with Crippen LogP contribution in [0.15, 0.2) is 30.3 Å².